The maximum Gasteiger partial charge on any atom is 0.297 e. The van der Waals surface area contributed by atoms with Crippen molar-refractivity contribution in [2.45, 2.75) is 19.6 Å². The van der Waals surface area contributed by atoms with Gasteiger partial charge in [0.25, 0.3) is 20.2 Å². The Labute approximate surface area is 324 Å². The number of hydrogen-bond acceptors (Lipinski definition) is 25. The second-order valence-corrected chi connectivity index (χ2v) is 18.3. The molecule has 4 rings (SSSR count). The summed E-state index contributed by atoms with van der Waals surface area (Å²) in [6.07, 6.45) is 0. The predicted molar refractivity (Wildman–Crippen MR) is 192 cm³/mol. The zero-order chi connectivity index (χ0) is 41.3. The highest BCUT2D eigenvalue weighted by Gasteiger charge is 2.24. The van der Waals surface area contributed by atoms with Gasteiger partial charge in [-0.25, -0.2) is 32.3 Å². The van der Waals surface area contributed by atoms with Crippen LogP contribution in [0.25, 0.3) is 10.8 Å². The molecule has 4 aromatic rings. The zero-order valence-electron chi connectivity index (χ0n) is 27.4. The Morgan fingerprint density at radius 3 is 1.61 bits per heavy atom. The molecular weight excluding hydrogens is 879 g/mol. The third-order valence-corrected chi connectivity index (χ3v) is 12.7. The number of nitrogen functional groups attached to an aromatic ring is 2. The fraction of sp³-hybridized carbons (Fsp3) is 0.160. The van der Waals surface area contributed by atoms with Gasteiger partial charge in [0.1, 0.15) is 32.5 Å². The van der Waals surface area contributed by atoms with E-state index in [0.717, 1.165) is 42.5 Å². The van der Waals surface area contributed by atoms with Crippen molar-refractivity contribution in [3.05, 3.63) is 54.6 Å². The van der Waals surface area contributed by atoms with Gasteiger partial charge in [0.2, 0.25) is 0 Å². The minimum Gasteiger partial charge on any atom is -0.382 e. The average molecular weight is 904 g/mol. The molecule has 3 aromatic carbocycles. The van der Waals surface area contributed by atoms with E-state index >= 15 is 0 Å². The van der Waals surface area contributed by atoms with Crippen molar-refractivity contribution < 1.29 is 80.4 Å². The number of aromatic nitrogens is 1. The SMILES string of the molecule is Nc1nc(N)c(N=Nc2ccc3cc(S(=O)(=O)CCOSOOO)ccc3c2S(=O)(=O)O)cc1N=Nc1ccc(S(=O)(=O)CCOSOOO)cc1S(=O)(=O)O. The van der Waals surface area contributed by atoms with Crippen LogP contribution in [-0.4, -0.2) is 83.0 Å². The number of azo groups is 2. The maximum absolute atomic E-state index is 12.8. The van der Waals surface area contributed by atoms with E-state index in [4.69, 9.17) is 30.3 Å². The van der Waals surface area contributed by atoms with Crippen molar-refractivity contribution in [2.75, 3.05) is 36.2 Å². The molecule has 0 saturated carbocycles. The summed E-state index contributed by atoms with van der Waals surface area (Å²) in [6, 6.07) is 9.27. The van der Waals surface area contributed by atoms with Crippen LogP contribution < -0.4 is 11.5 Å². The second kappa shape index (κ2) is 18.9. The van der Waals surface area contributed by atoms with Crippen LogP contribution in [0, 0.1) is 0 Å². The Kier molecular flexibility index (Phi) is 15.1. The third-order valence-electron chi connectivity index (χ3n) is 6.76. The first-order valence-electron chi connectivity index (χ1n) is 14.3. The van der Waals surface area contributed by atoms with E-state index in [9.17, 15) is 42.8 Å². The average Bonchev–Trinajstić information content (AvgIpc) is 3.12. The molecule has 25 nitrogen and oxygen atoms in total. The smallest absolute Gasteiger partial charge is 0.297 e. The van der Waals surface area contributed by atoms with Crippen LogP contribution in [-0.2, 0) is 67.0 Å². The summed E-state index contributed by atoms with van der Waals surface area (Å²) in [7, 11) is -18.3. The van der Waals surface area contributed by atoms with E-state index in [-0.39, 0.29) is 69.9 Å². The van der Waals surface area contributed by atoms with Crippen LogP contribution in [0.1, 0.15) is 0 Å². The summed E-state index contributed by atoms with van der Waals surface area (Å²) in [5, 5.41) is 37.9. The van der Waals surface area contributed by atoms with Crippen LogP contribution >= 0.6 is 24.6 Å². The molecule has 0 atom stereocenters. The van der Waals surface area contributed by atoms with Crippen molar-refractivity contribution in [1.82, 2.24) is 4.98 Å². The Balaban J connectivity index is 1.65. The number of sulfone groups is 2. The normalized spacial score (nSPS) is 13.0. The van der Waals surface area contributed by atoms with Crippen molar-refractivity contribution >= 4 is 110 Å². The van der Waals surface area contributed by atoms with Gasteiger partial charge in [-0.05, 0) is 41.8 Å². The summed E-state index contributed by atoms with van der Waals surface area (Å²) in [4.78, 5) is 1.33. The van der Waals surface area contributed by atoms with Gasteiger partial charge in [-0.15, -0.1) is 29.1 Å². The molecule has 0 fully saturated rings. The molecule has 8 N–H and O–H groups in total. The Hall–Kier alpha value is -4.03. The first-order valence-corrected chi connectivity index (χ1v) is 21.8. The van der Waals surface area contributed by atoms with Gasteiger partial charge < -0.3 is 11.5 Å². The molecule has 0 spiro atoms. The summed E-state index contributed by atoms with van der Waals surface area (Å²) in [6.45, 7) is -0.883. The molecule has 0 aliphatic rings. The molecule has 0 bridgehead atoms. The zero-order valence-corrected chi connectivity index (χ0v) is 32.3. The second-order valence-electron chi connectivity index (χ2n) is 10.3. The summed E-state index contributed by atoms with van der Waals surface area (Å²) in [5.41, 5.74) is 10.2. The minimum absolute atomic E-state index is 0.0595. The van der Waals surface area contributed by atoms with Gasteiger partial charge in [0, 0.05) is 11.5 Å². The number of rotatable bonds is 20. The number of benzene rings is 3. The van der Waals surface area contributed by atoms with E-state index in [1.807, 2.05) is 0 Å². The van der Waals surface area contributed by atoms with E-state index in [1.54, 1.807) is 0 Å². The molecule has 0 aliphatic carbocycles. The predicted octanol–water partition coefficient (Wildman–Crippen LogP) is 4.27. The van der Waals surface area contributed by atoms with Gasteiger partial charge in [-0.2, -0.15) is 16.8 Å². The van der Waals surface area contributed by atoms with Crippen molar-refractivity contribution in [1.29, 1.82) is 0 Å². The number of pyridine rings is 1. The highest BCUT2D eigenvalue weighted by atomic mass is 32.2. The summed E-state index contributed by atoms with van der Waals surface area (Å²) < 4.78 is 138. The molecule has 31 heteroatoms. The maximum atomic E-state index is 12.8. The topological polar surface area (TPSA) is 387 Å². The van der Waals surface area contributed by atoms with Crippen molar-refractivity contribution in [2.24, 2.45) is 20.5 Å². The largest absolute Gasteiger partial charge is 0.382 e. The lowest BCUT2D eigenvalue weighted by molar-refractivity contribution is -0.434. The molecule has 1 heterocycles. The lowest BCUT2D eigenvalue weighted by Crippen LogP contribution is -2.12. The lowest BCUT2D eigenvalue weighted by Gasteiger charge is -2.10. The number of anilines is 2. The number of hydrogen-bond donors (Lipinski definition) is 6. The lowest BCUT2D eigenvalue weighted by atomic mass is 10.1. The van der Waals surface area contributed by atoms with Crippen LogP contribution in [0.5, 0.6) is 0 Å². The number of nitrogens with zero attached hydrogens (tertiary/aromatic N) is 5. The molecule has 0 aliphatic heterocycles. The molecule has 56 heavy (non-hydrogen) atoms. The standard InChI is InChI=1S/C25H25N7O18S6/c26-24-20(31-29-18-6-3-16(12-22(18)55(39,40)41)54(37,38)10-8-46-52-50-48-34)13-21(25(27)28-24)32-30-19-5-1-14-11-15(2-4-17(14)23(19)56(42,43)44)53(35,36)9-7-45-51-49-47-33/h1-6,11-13,33-34H,7-10H2,(H4,26,27,28)(H,39,40,41)(H,42,43,44). The van der Waals surface area contributed by atoms with Crippen molar-refractivity contribution in [3.63, 3.8) is 0 Å². The first kappa shape index (κ1) is 44.7. The van der Waals surface area contributed by atoms with Gasteiger partial charge in [-0.3, -0.25) is 17.5 Å². The molecule has 0 saturated heterocycles. The third kappa shape index (κ3) is 11.8. The van der Waals surface area contributed by atoms with E-state index in [0.29, 0.717) is 6.07 Å². The van der Waals surface area contributed by atoms with Gasteiger partial charge >= 0.3 is 0 Å². The molecule has 0 amide bonds. The molecule has 0 unspecified atom stereocenters. The molecule has 1 aromatic heterocycles. The van der Waals surface area contributed by atoms with Crippen LogP contribution in [0.15, 0.2) is 94.6 Å². The quantitative estimate of drug-likeness (QED) is 0.0180. The molecule has 0 radical (unpaired) electrons. The van der Waals surface area contributed by atoms with E-state index in [1.165, 1.54) is 6.07 Å². The summed E-state index contributed by atoms with van der Waals surface area (Å²) >= 11 is 0.288. The van der Waals surface area contributed by atoms with Gasteiger partial charge in [0.15, 0.2) is 56.0 Å². The highest BCUT2D eigenvalue weighted by molar-refractivity contribution is 7.92. The fourth-order valence-electron chi connectivity index (χ4n) is 4.34. The number of fused-ring (bicyclic) bond motifs is 1. The number of nitrogens with two attached hydrogens (primary N) is 2. The Bertz CT molecular complexity index is 2590. The minimum atomic E-state index is -5.10. The Morgan fingerprint density at radius 2 is 1.09 bits per heavy atom. The molecule has 304 valence electrons. The Morgan fingerprint density at radius 1 is 0.607 bits per heavy atom. The molecular formula is C25H25N7O18S6. The monoisotopic (exact) mass is 903 g/mol. The highest BCUT2D eigenvalue weighted by Crippen LogP contribution is 2.38. The van der Waals surface area contributed by atoms with Gasteiger partial charge in [-0.1, -0.05) is 22.2 Å². The first-order chi connectivity index (χ1) is 26.3. The van der Waals surface area contributed by atoms with Crippen LogP contribution in [0.3, 0.4) is 0 Å². The van der Waals surface area contributed by atoms with Crippen molar-refractivity contribution in [3.8, 4) is 0 Å². The fourth-order valence-corrected chi connectivity index (χ4v) is 8.78. The summed E-state index contributed by atoms with van der Waals surface area (Å²) in [5.74, 6) is -1.98. The van der Waals surface area contributed by atoms with Crippen LogP contribution in [0.2, 0.25) is 0 Å². The van der Waals surface area contributed by atoms with Gasteiger partial charge in [0.05, 0.1) is 34.5 Å². The van der Waals surface area contributed by atoms with E-state index in [2.05, 4.69) is 44.2 Å². The van der Waals surface area contributed by atoms with Crippen LogP contribution in [0.4, 0.5) is 34.4 Å². The van der Waals surface area contributed by atoms with E-state index < -0.39 is 84.1 Å².